The van der Waals surface area contributed by atoms with Crippen molar-refractivity contribution in [3.05, 3.63) is 28.2 Å². The number of amides is 1. The van der Waals surface area contributed by atoms with Crippen molar-refractivity contribution in [3.63, 3.8) is 0 Å². The Kier molecular flexibility index (Phi) is 4.98. The van der Waals surface area contributed by atoms with Gasteiger partial charge in [-0.25, -0.2) is 0 Å². The van der Waals surface area contributed by atoms with Crippen molar-refractivity contribution in [1.29, 1.82) is 5.26 Å². The van der Waals surface area contributed by atoms with E-state index in [1.807, 2.05) is 6.07 Å². The minimum atomic E-state index is -0.239. The molecule has 4 nitrogen and oxygen atoms in total. The van der Waals surface area contributed by atoms with E-state index in [-0.39, 0.29) is 18.4 Å². The third-order valence-corrected chi connectivity index (χ3v) is 2.68. The van der Waals surface area contributed by atoms with Gasteiger partial charge in [-0.3, -0.25) is 4.79 Å². The van der Waals surface area contributed by atoms with Crippen molar-refractivity contribution in [2.24, 2.45) is 0 Å². The zero-order chi connectivity index (χ0) is 12.8. The number of rotatable bonds is 4. The Bertz CT molecular complexity index is 454. The fourth-order valence-electron chi connectivity index (χ4n) is 1.34. The van der Waals surface area contributed by atoms with Crippen LogP contribution in [-0.4, -0.2) is 19.1 Å². The number of carbonyl (C=O) groups excluding carboxylic acids is 1. The largest absolute Gasteiger partial charge is 0.496 e. The van der Waals surface area contributed by atoms with Crippen LogP contribution in [0.4, 0.5) is 0 Å². The lowest BCUT2D eigenvalue weighted by Gasteiger charge is -2.12. The number of carbonyl (C=O) groups is 1. The van der Waals surface area contributed by atoms with E-state index < -0.39 is 0 Å². The second kappa shape index (κ2) is 6.26. The van der Waals surface area contributed by atoms with E-state index in [1.165, 1.54) is 7.11 Å². The van der Waals surface area contributed by atoms with Gasteiger partial charge in [-0.15, -0.1) is 0 Å². The highest BCUT2D eigenvalue weighted by Gasteiger charge is 2.14. The van der Waals surface area contributed by atoms with Gasteiger partial charge in [-0.2, -0.15) is 5.26 Å². The molecule has 0 saturated carbocycles. The smallest absolute Gasteiger partial charge is 0.255 e. The minimum absolute atomic E-state index is 0.180. The number of benzene rings is 1. The fraction of sp³-hybridized carbons (Fsp3) is 0.333. The third kappa shape index (κ3) is 3.75. The molecule has 0 aromatic heterocycles. The number of ether oxygens (including phenoxy) is 1. The van der Waals surface area contributed by atoms with Crippen molar-refractivity contribution in [2.75, 3.05) is 7.11 Å². The third-order valence-electron chi connectivity index (χ3n) is 2.18. The van der Waals surface area contributed by atoms with E-state index in [4.69, 9.17) is 10.00 Å². The van der Waals surface area contributed by atoms with Crippen LogP contribution in [0.3, 0.4) is 0 Å². The number of nitrogens with zero attached hydrogens (tertiary/aromatic N) is 1. The molecular weight excluding hydrogens is 284 g/mol. The predicted octanol–water partition coefficient (Wildman–Crippen LogP) is 2.49. The summed E-state index contributed by atoms with van der Waals surface area (Å²) in [5.41, 5.74) is 0.459. The summed E-state index contributed by atoms with van der Waals surface area (Å²) < 4.78 is 5.98. The quantitative estimate of drug-likeness (QED) is 0.928. The van der Waals surface area contributed by atoms with E-state index in [9.17, 15) is 4.79 Å². The summed E-state index contributed by atoms with van der Waals surface area (Å²) >= 11 is 3.31. The lowest BCUT2D eigenvalue weighted by Crippen LogP contribution is -2.32. The number of nitriles is 1. The molecule has 5 heteroatoms. The topological polar surface area (TPSA) is 62.1 Å². The first-order chi connectivity index (χ1) is 8.08. The minimum Gasteiger partial charge on any atom is -0.496 e. The van der Waals surface area contributed by atoms with Crippen molar-refractivity contribution in [3.8, 4) is 11.8 Å². The molecule has 0 spiro atoms. The maximum Gasteiger partial charge on any atom is 0.255 e. The van der Waals surface area contributed by atoms with Crippen LogP contribution in [-0.2, 0) is 0 Å². The molecule has 90 valence electrons. The van der Waals surface area contributed by atoms with Crippen LogP contribution in [0.1, 0.15) is 23.7 Å². The van der Waals surface area contributed by atoms with Crippen LogP contribution in [0.25, 0.3) is 0 Å². The Morgan fingerprint density at radius 2 is 2.35 bits per heavy atom. The molecule has 0 saturated heterocycles. The molecule has 1 aromatic carbocycles. The Morgan fingerprint density at radius 3 is 2.94 bits per heavy atom. The van der Waals surface area contributed by atoms with E-state index in [0.717, 1.165) is 4.47 Å². The van der Waals surface area contributed by atoms with Crippen molar-refractivity contribution in [2.45, 2.75) is 19.4 Å². The first kappa shape index (κ1) is 13.5. The molecule has 1 rings (SSSR count). The van der Waals surface area contributed by atoms with E-state index >= 15 is 0 Å². The lowest BCUT2D eigenvalue weighted by atomic mass is 10.1. The fourth-order valence-corrected chi connectivity index (χ4v) is 1.68. The Balaban J connectivity index is 2.86. The molecule has 1 amide bonds. The van der Waals surface area contributed by atoms with Gasteiger partial charge in [0.2, 0.25) is 0 Å². The number of methoxy groups -OCH3 is 1. The molecule has 0 heterocycles. The summed E-state index contributed by atoms with van der Waals surface area (Å²) in [5, 5.41) is 11.3. The zero-order valence-corrected chi connectivity index (χ0v) is 11.2. The van der Waals surface area contributed by atoms with E-state index in [0.29, 0.717) is 11.3 Å². The molecule has 0 radical (unpaired) electrons. The molecule has 17 heavy (non-hydrogen) atoms. The first-order valence-electron chi connectivity index (χ1n) is 5.09. The van der Waals surface area contributed by atoms with Crippen LogP contribution < -0.4 is 10.1 Å². The summed E-state index contributed by atoms with van der Waals surface area (Å²) in [4.78, 5) is 11.9. The Hall–Kier alpha value is -1.54. The monoisotopic (exact) mass is 296 g/mol. The lowest BCUT2D eigenvalue weighted by molar-refractivity contribution is 0.0938. The van der Waals surface area contributed by atoms with Crippen LogP contribution in [0.2, 0.25) is 0 Å². The summed E-state index contributed by atoms with van der Waals surface area (Å²) in [7, 11) is 1.51. The number of halogens is 1. The molecule has 0 fully saturated rings. The van der Waals surface area contributed by atoms with Crippen LogP contribution in [0.15, 0.2) is 22.7 Å². The molecule has 0 bridgehead atoms. The maximum atomic E-state index is 11.9. The van der Waals surface area contributed by atoms with Crippen LogP contribution in [0, 0.1) is 11.3 Å². The molecule has 0 aliphatic rings. The highest BCUT2D eigenvalue weighted by atomic mass is 79.9. The molecular formula is C12H13BrN2O2. The predicted molar refractivity (Wildman–Crippen MR) is 67.9 cm³/mol. The average molecular weight is 297 g/mol. The van der Waals surface area contributed by atoms with Gasteiger partial charge in [0.05, 0.1) is 25.2 Å². The van der Waals surface area contributed by atoms with Crippen molar-refractivity contribution in [1.82, 2.24) is 5.32 Å². The molecule has 1 N–H and O–H groups in total. The average Bonchev–Trinajstić information content (AvgIpc) is 2.28. The Morgan fingerprint density at radius 1 is 1.65 bits per heavy atom. The molecule has 1 atom stereocenters. The summed E-state index contributed by atoms with van der Waals surface area (Å²) in [5.74, 6) is 0.262. The van der Waals surface area contributed by atoms with Gasteiger partial charge in [-0.05, 0) is 25.1 Å². The van der Waals surface area contributed by atoms with Crippen molar-refractivity contribution < 1.29 is 9.53 Å². The molecule has 0 aliphatic carbocycles. The number of hydrogen-bond donors (Lipinski definition) is 1. The molecule has 1 aromatic rings. The standard InChI is InChI=1S/C12H13BrN2O2/c1-8(5-6-14)15-12(16)10-4-3-9(13)7-11(10)17-2/h3-4,7-8H,5H2,1-2H3,(H,15,16). The first-order valence-corrected chi connectivity index (χ1v) is 5.89. The normalized spacial score (nSPS) is 11.4. The summed E-state index contributed by atoms with van der Waals surface area (Å²) in [6, 6.07) is 7.00. The maximum absolute atomic E-state index is 11.9. The highest BCUT2D eigenvalue weighted by Crippen LogP contribution is 2.23. The highest BCUT2D eigenvalue weighted by molar-refractivity contribution is 9.10. The summed E-state index contributed by atoms with van der Waals surface area (Å²) in [6.45, 7) is 1.78. The zero-order valence-electron chi connectivity index (χ0n) is 9.66. The van der Waals surface area contributed by atoms with Crippen LogP contribution in [0.5, 0.6) is 5.75 Å². The molecule has 1 unspecified atom stereocenters. The second-order valence-corrected chi connectivity index (χ2v) is 4.50. The van der Waals surface area contributed by atoms with Gasteiger partial charge in [0, 0.05) is 10.5 Å². The van der Waals surface area contributed by atoms with E-state index in [2.05, 4.69) is 21.2 Å². The Labute approximate surface area is 109 Å². The molecule has 0 aliphatic heterocycles. The number of nitrogens with one attached hydrogen (secondary N) is 1. The van der Waals surface area contributed by atoms with Crippen molar-refractivity contribution >= 4 is 21.8 Å². The van der Waals surface area contributed by atoms with E-state index in [1.54, 1.807) is 25.1 Å². The van der Waals surface area contributed by atoms with Gasteiger partial charge in [-0.1, -0.05) is 15.9 Å². The summed E-state index contributed by atoms with van der Waals surface area (Å²) in [6.07, 6.45) is 0.282. The van der Waals surface area contributed by atoms with Gasteiger partial charge >= 0.3 is 0 Å². The van der Waals surface area contributed by atoms with Gasteiger partial charge in [0.1, 0.15) is 5.75 Å². The SMILES string of the molecule is COc1cc(Br)ccc1C(=O)NC(C)CC#N. The second-order valence-electron chi connectivity index (χ2n) is 3.58. The van der Waals surface area contributed by atoms with Gasteiger partial charge in [0.25, 0.3) is 5.91 Å². The van der Waals surface area contributed by atoms with Crippen LogP contribution >= 0.6 is 15.9 Å². The number of hydrogen-bond acceptors (Lipinski definition) is 3. The van der Waals surface area contributed by atoms with Gasteiger partial charge in [0.15, 0.2) is 0 Å². The van der Waals surface area contributed by atoms with Gasteiger partial charge < -0.3 is 10.1 Å².